The first-order valence-corrected chi connectivity index (χ1v) is 11.8. The van der Waals surface area contributed by atoms with Crippen molar-refractivity contribution in [3.63, 3.8) is 0 Å². The van der Waals surface area contributed by atoms with Crippen molar-refractivity contribution < 1.29 is 18.9 Å². The van der Waals surface area contributed by atoms with Crippen molar-refractivity contribution in [3.8, 4) is 11.3 Å². The molecule has 186 valence electrons. The van der Waals surface area contributed by atoms with E-state index < -0.39 is 4.92 Å². The molecular weight excluding hydrogens is 460 g/mol. The quantitative estimate of drug-likeness (QED) is 0.289. The molecule has 4 rings (SSSR count). The zero-order chi connectivity index (χ0) is 25.7. The van der Waals surface area contributed by atoms with Gasteiger partial charge >= 0.3 is 0 Å². The third-order valence-electron chi connectivity index (χ3n) is 6.15. The van der Waals surface area contributed by atoms with Gasteiger partial charge in [0.05, 0.1) is 4.92 Å². The summed E-state index contributed by atoms with van der Waals surface area (Å²) >= 11 is 0. The molecule has 0 aliphatic carbocycles. The number of nitro groups is 1. The minimum Gasteiger partial charge on any atom is -0.457 e. The highest BCUT2D eigenvalue weighted by atomic mass is 16.6. The molecule has 2 aromatic carbocycles. The number of nitrogens with one attached hydrogen (secondary N) is 1. The van der Waals surface area contributed by atoms with Crippen LogP contribution in [0.5, 0.6) is 0 Å². The van der Waals surface area contributed by atoms with Crippen LogP contribution in [0, 0.1) is 17.0 Å². The van der Waals surface area contributed by atoms with Crippen molar-refractivity contribution in [2.24, 2.45) is 0 Å². The van der Waals surface area contributed by atoms with E-state index in [2.05, 4.69) is 10.2 Å². The van der Waals surface area contributed by atoms with E-state index in [0.717, 1.165) is 29.9 Å². The lowest BCUT2D eigenvalue weighted by atomic mass is 10.1. The number of nitro benzene ring substituents is 1. The number of carbonyl (C=O) groups excluding carboxylic acids is 2. The van der Waals surface area contributed by atoms with Crippen LogP contribution in [0.15, 0.2) is 65.1 Å². The van der Waals surface area contributed by atoms with E-state index in [9.17, 15) is 19.7 Å². The lowest BCUT2D eigenvalue weighted by Crippen LogP contribution is -2.48. The van der Waals surface area contributed by atoms with Gasteiger partial charge in [-0.15, -0.1) is 0 Å². The molecule has 2 amide bonds. The second-order valence-corrected chi connectivity index (χ2v) is 8.55. The number of carbonyl (C=O) groups is 2. The normalized spacial score (nSPS) is 13.7. The lowest BCUT2D eigenvalue weighted by molar-refractivity contribution is -0.384. The van der Waals surface area contributed by atoms with Crippen LogP contribution in [0.25, 0.3) is 17.4 Å². The highest BCUT2D eigenvalue weighted by Crippen LogP contribution is 2.29. The number of hydrogen-bond donors (Lipinski definition) is 1. The van der Waals surface area contributed by atoms with Gasteiger partial charge in [0, 0.05) is 67.7 Å². The number of amides is 2. The fourth-order valence-corrected chi connectivity index (χ4v) is 4.16. The van der Waals surface area contributed by atoms with Crippen molar-refractivity contribution in [1.29, 1.82) is 0 Å². The summed E-state index contributed by atoms with van der Waals surface area (Å²) in [6.45, 7) is 6.66. The number of anilines is 2. The summed E-state index contributed by atoms with van der Waals surface area (Å²) in [5, 5.41) is 13.8. The number of hydrogen-bond acceptors (Lipinski definition) is 6. The number of nitrogens with zero attached hydrogens (tertiary/aromatic N) is 3. The molecule has 9 heteroatoms. The molecule has 2 heterocycles. The van der Waals surface area contributed by atoms with Crippen LogP contribution in [0.4, 0.5) is 17.1 Å². The van der Waals surface area contributed by atoms with Crippen LogP contribution < -0.4 is 10.2 Å². The molecule has 1 N–H and O–H groups in total. The number of furan rings is 1. The van der Waals surface area contributed by atoms with Crippen LogP contribution in [0.3, 0.4) is 0 Å². The minimum absolute atomic E-state index is 0.0265. The molecule has 0 saturated carbocycles. The Hall–Kier alpha value is -4.40. The molecule has 1 aliphatic heterocycles. The van der Waals surface area contributed by atoms with E-state index in [1.54, 1.807) is 31.2 Å². The Balaban J connectivity index is 1.32. The third-order valence-corrected chi connectivity index (χ3v) is 6.15. The van der Waals surface area contributed by atoms with Crippen LogP contribution >= 0.6 is 0 Å². The van der Waals surface area contributed by atoms with Crippen LogP contribution in [-0.4, -0.2) is 47.8 Å². The van der Waals surface area contributed by atoms with E-state index >= 15 is 0 Å². The van der Waals surface area contributed by atoms with Gasteiger partial charge < -0.3 is 19.5 Å². The fourth-order valence-electron chi connectivity index (χ4n) is 4.16. The second-order valence-electron chi connectivity index (χ2n) is 8.55. The number of benzene rings is 2. The molecule has 0 radical (unpaired) electrons. The summed E-state index contributed by atoms with van der Waals surface area (Å²) in [7, 11) is 0. The summed E-state index contributed by atoms with van der Waals surface area (Å²) in [6, 6.07) is 15.7. The maximum absolute atomic E-state index is 12.4. The van der Waals surface area contributed by atoms with Crippen LogP contribution in [0.2, 0.25) is 0 Å². The van der Waals surface area contributed by atoms with Gasteiger partial charge in [-0.1, -0.05) is 6.92 Å². The molecule has 0 unspecified atom stereocenters. The SMILES string of the molecule is CCC(=O)N1CCN(c2ccc(NC(=O)/C=C/c3ccc(-c4ccc([N+](=O)[O-])cc4C)o3)cc2)CC1. The molecule has 0 atom stereocenters. The Kier molecular flexibility index (Phi) is 7.48. The molecule has 1 fully saturated rings. The molecular formula is C27H28N4O5. The van der Waals surface area contributed by atoms with Gasteiger partial charge in [-0.25, -0.2) is 0 Å². The van der Waals surface area contributed by atoms with Crippen molar-refractivity contribution >= 4 is 35.0 Å². The lowest BCUT2D eigenvalue weighted by Gasteiger charge is -2.36. The van der Waals surface area contributed by atoms with E-state index in [1.165, 1.54) is 18.2 Å². The summed E-state index contributed by atoms with van der Waals surface area (Å²) < 4.78 is 5.80. The molecule has 36 heavy (non-hydrogen) atoms. The Morgan fingerprint density at radius 3 is 2.42 bits per heavy atom. The van der Waals surface area contributed by atoms with E-state index in [4.69, 9.17) is 4.42 Å². The third kappa shape index (κ3) is 5.80. The largest absolute Gasteiger partial charge is 0.457 e. The topological polar surface area (TPSA) is 109 Å². The van der Waals surface area contributed by atoms with Crippen molar-refractivity contribution in [1.82, 2.24) is 4.90 Å². The highest BCUT2D eigenvalue weighted by Gasteiger charge is 2.20. The number of aryl methyl sites for hydroxylation is 1. The Bertz CT molecular complexity index is 1290. The van der Waals surface area contributed by atoms with Gasteiger partial charge in [0.2, 0.25) is 11.8 Å². The maximum Gasteiger partial charge on any atom is 0.269 e. The second kappa shape index (κ2) is 10.9. The van der Waals surface area contributed by atoms with Gasteiger partial charge in [-0.3, -0.25) is 19.7 Å². The first-order chi connectivity index (χ1) is 17.3. The number of piperazine rings is 1. The monoisotopic (exact) mass is 488 g/mol. The molecule has 0 bridgehead atoms. The summed E-state index contributed by atoms with van der Waals surface area (Å²) in [5.74, 6) is 0.957. The molecule has 1 aliphatic rings. The molecule has 1 saturated heterocycles. The number of rotatable bonds is 7. The fraction of sp³-hybridized carbons (Fsp3) is 0.259. The Labute approximate surface area is 209 Å². The molecule has 3 aromatic rings. The smallest absolute Gasteiger partial charge is 0.269 e. The number of non-ortho nitro benzene ring substituents is 1. The van der Waals surface area contributed by atoms with Gasteiger partial charge in [0.1, 0.15) is 11.5 Å². The first kappa shape index (κ1) is 24.7. The summed E-state index contributed by atoms with van der Waals surface area (Å²) in [5.41, 5.74) is 3.24. The van der Waals surface area contributed by atoms with Crippen LogP contribution in [0.1, 0.15) is 24.7 Å². The van der Waals surface area contributed by atoms with Crippen LogP contribution in [-0.2, 0) is 9.59 Å². The Morgan fingerprint density at radius 2 is 1.78 bits per heavy atom. The van der Waals surface area contributed by atoms with E-state index in [-0.39, 0.29) is 17.5 Å². The highest BCUT2D eigenvalue weighted by molar-refractivity contribution is 6.01. The van der Waals surface area contributed by atoms with Crippen molar-refractivity contribution in [2.75, 3.05) is 36.4 Å². The predicted molar refractivity (Wildman–Crippen MR) is 139 cm³/mol. The van der Waals surface area contributed by atoms with Gasteiger partial charge in [0.15, 0.2) is 0 Å². The molecule has 1 aromatic heterocycles. The molecule has 0 spiro atoms. The zero-order valence-corrected chi connectivity index (χ0v) is 20.3. The summed E-state index contributed by atoms with van der Waals surface area (Å²) in [6.07, 6.45) is 3.50. The van der Waals surface area contributed by atoms with E-state index in [0.29, 0.717) is 36.7 Å². The maximum atomic E-state index is 12.4. The zero-order valence-electron chi connectivity index (χ0n) is 20.3. The minimum atomic E-state index is -0.433. The predicted octanol–water partition coefficient (Wildman–Crippen LogP) is 4.87. The van der Waals surface area contributed by atoms with Gasteiger partial charge in [0.25, 0.3) is 5.69 Å². The molecule has 9 nitrogen and oxygen atoms in total. The van der Waals surface area contributed by atoms with E-state index in [1.807, 2.05) is 36.1 Å². The standard InChI is InChI=1S/C27H28N4O5/c1-3-27(33)30-16-14-29(15-17-30)21-6-4-20(5-7-21)28-26(32)13-10-23-9-12-25(36-23)24-11-8-22(31(34)35)18-19(24)2/h4-13,18H,3,14-17H2,1-2H3,(H,28,32)/b13-10+. The summed E-state index contributed by atoms with van der Waals surface area (Å²) in [4.78, 5) is 38.9. The van der Waals surface area contributed by atoms with Gasteiger partial charge in [-0.05, 0) is 61.0 Å². The van der Waals surface area contributed by atoms with Crippen molar-refractivity contribution in [2.45, 2.75) is 20.3 Å². The average molecular weight is 489 g/mol. The Morgan fingerprint density at radius 1 is 1.06 bits per heavy atom. The first-order valence-electron chi connectivity index (χ1n) is 11.8. The average Bonchev–Trinajstić information content (AvgIpc) is 3.36. The van der Waals surface area contributed by atoms with Crippen molar-refractivity contribution in [3.05, 3.63) is 82.1 Å². The van der Waals surface area contributed by atoms with Gasteiger partial charge in [-0.2, -0.15) is 0 Å².